The van der Waals surface area contributed by atoms with Gasteiger partial charge < -0.3 is 30.8 Å². The van der Waals surface area contributed by atoms with Gasteiger partial charge in [-0.25, -0.2) is 0 Å². The van der Waals surface area contributed by atoms with E-state index in [0.29, 0.717) is 39.1 Å². The van der Waals surface area contributed by atoms with Crippen LogP contribution in [-0.4, -0.2) is 41.7 Å². The fourth-order valence-corrected chi connectivity index (χ4v) is 6.54. The number of rotatable bonds is 12. The van der Waals surface area contributed by atoms with Crippen LogP contribution in [0.2, 0.25) is 0 Å². The van der Waals surface area contributed by atoms with E-state index >= 15 is 0 Å². The van der Waals surface area contributed by atoms with Gasteiger partial charge in [0, 0.05) is 41.4 Å². The second-order valence-corrected chi connectivity index (χ2v) is 11.7. The van der Waals surface area contributed by atoms with Crippen LogP contribution >= 0.6 is 0 Å². The molecule has 42 heavy (non-hydrogen) atoms. The van der Waals surface area contributed by atoms with Gasteiger partial charge in [-0.3, -0.25) is 9.59 Å². The Morgan fingerprint density at radius 2 is 1.90 bits per heavy atom. The number of amides is 1. The molecule has 1 aliphatic carbocycles. The lowest BCUT2D eigenvalue weighted by atomic mass is 9.92. The van der Waals surface area contributed by atoms with E-state index in [1.165, 1.54) is 11.1 Å². The summed E-state index contributed by atoms with van der Waals surface area (Å²) in [5.41, 5.74) is 21.5. The maximum Gasteiger partial charge on any atom is 0.322 e. The predicted molar refractivity (Wildman–Crippen MR) is 165 cm³/mol. The third-order valence-corrected chi connectivity index (χ3v) is 8.50. The number of nitrogens with two attached hydrogens (primary N) is 2. The van der Waals surface area contributed by atoms with Gasteiger partial charge in [0.1, 0.15) is 6.04 Å². The van der Waals surface area contributed by atoms with E-state index in [1.54, 1.807) is 0 Å². The van der Waals surface area contributed by atoms with Gasteiger partial charge in [-0.15, -0.1) is 0 Å². The first-order chi connectivity index (χ1) is 20.4. The largest absolute Gasteiger partial charge is 0.464 e. The van der Waals surface area contributed by atoms with E-state index in [1.807, 2.05) is 19.9 Å². The van der Waals surface area contributed by atoms with E-state index in [9.17, 15) is 9.59 Å². The number of aryl methyl sites for hydroxylation is 1. The molecule has 1 atom stereocenters. The van der Waals surface area contributed by atoms with Crippen molar-refractivity contribution in [3.8, 4) is 11.1 Å². The minimum Gasteiger partial charge on any atom is -0.464 e. The molecule has 0 saturated carbocycles. The molecule has 220 valence electrons. The molecule has 1 amide bonds. The zero-order valence-corrected chi connectivity index (χ0v) is 24.5. The van der Waals surface area contributed by atoms with Crippen molar-refractivity contribution in [3.05, 3.63) is 70.3 Å². The lowest BCUT2D eigenvalue weighted by Gasteiger charge is -2.14. The number of carbonyl (C=O) groups excluding carboxylic acids is 2. The first kappa shape index (κ1) is 28.4. The van der Waals surface area contributed by atoms with Gasteiger partial charge in [-0.2, -0.15) is 0 Å². The summed E-state index contributed by atoms with van der Waals surface area (Å²) in [6.07, 6.45) is 3.79. The monoisotopic (exact) mass is 568 g/mol. The van der Waals surface area contributed by atoms with E-state index in [4.69, 9.17) is 20.9 Å². The summed E-state index contributed by atoms with van der Waals surface area (Å²) < 4.78 is 13.9. The van der Waals surface area contributed by atoms with Crippen LogP contribution < -0.4 is 16.8 Å². The molecule has 2 heterocycles. The van der Waals surface area contributed by atoms with E-state index in [0.717, 1.165) is 68.9 Å². The molecule has 1 aliphatic heterocycles. The molecular formula is C34H40N4O4. The minimum atomic E-state index is -0.620. The fraction of sp³-hybridized carbons (Fsp3) is 0.412. The Kier molecular flexibility index (Phi) is 8.03. The average molecular weight is 569 g/mol. The summed E-state index contributed by atoms with van der Waals surface area (Å²) >= 11 is 0. The van der Waals surface area contributed by atoms with Gasteiger partial charge in [0.25, 0.3) is 5.91 Å². The van der Waals surface area contributed by atoms with Crippen molar-refractivity contribution < 1.29 is 19.1 Å². The van der Waals surface area contributed by atoms with Crippen LogP contribution in [0, 0.1) is 0 Å². The van der Waals surface area contributed by atoms with Crippen molar-refractivity contribution in [1.29, 1.82) is 0 Å². The fourth-order valence-electron chi connectivity index (χ4n) is 6.54. The molecule has 6 rings (SSSR count). The number of fused-ring (bicyclic) bond motifs is 10. The normalized spacial score (nSPS) is 14.4. The maximum absolute atomic E-state index is 13.3. The summed E-state index contributed by atoms with van der Waals surface area (Å²) in [4.78, 5) is 25.7. The number of esters is 1. The first-order valence-corrected chi connectivity index (χ1v) is 15.1. The highest BCUT2D eigenvalue weighted by Crippen LogP contribution is 2.48. The Bertz CT molecular complexity index is 1670. The van der Waals surface area contributed by atoms with Crippen molar-refractivity contribution in [2.45, 2.75) is 77.8 Å². The van der Waals surface area contributed by atoms with Crippen molar-refractivity contribution in [1.82, 2.24) is 9.88 Å². The summed E-state index contributed by atoms with van der Waals surface area (Å²) in [6, 6.07) is 14.3. The summed E-state index contributed by atoms with van der Waals surface area (Å²) in [5.74, 6) is -0.363. The number of hydrogen-bond acceptors (Lipinski definition) is 6. The molecule has 2 aliphatic rings. The molecule has 5 N–H and O–H groups in total. The summed E-state index contributed by atoms with van der Waals surface area (Å²) in [6.45, 7) is 6.65. The lowest BCUT2D eigenvalue weighted by molar-refractivity contribution is -0.145. The molecular weight excluding hydrogens is 528 g/mol. The third-order valence-electron chi connectivity index (χ3n) is 8.50. The van der Waals surface area contributed by atoms with Crippen molar-refractivity contribution in [3.63, 3.8) is 0 Å². The van der Waals surface area contributed by atoms with Gasteiger partial charge in [0.05, 0.1) is 30.4 Å². The highest BCUT2D eigenvalue weighted by molar-refractivity contribution is 6.20. The Morgan fingerprint density at radius 1 is 1.07 bits per heavy atom. The van der Waals surface area contributed by atoms with Crippen LogP contribution in [0.25, 0.3) is 32.9 Å². The summed E-state index contributed by atoms with van der Waals surface area (Å²) in [5, 5.41) is 5.37. The SMILES string of the molecule is CC(C)OCc1ccc2c(c1)c1c3c(c4c(c1n2CCCOC(=O)C(N)CCCCN)Cc1ccccc1-4)C(=O)NC3. The van der Waals surface area contributed by atoms with Crippen molar-refractivity contribution in [2.24, 2.45) is 11.5 Å². The quantitative estimate of drug-likeness (QED) is 0.145. The molecule has 0 fully saturated rings. The highest BCUT2D eigenvalue weighted by atomic mass is 16.5. The molecule has 1 aromatic heterocycles. The smallest absolute Gasteiger partial charge is 0.322 e. The number of nitrogens with one attached hydrogen (secondary N) is 1. The first-order valence-electron chi connectivity index (χ1n) is 15.1. The van der Waals surface area contributed by atoms with Crippen LogP contribution in [0.1, 0.15) is 72.1 Å². The second kappa shape index (κ2) is 11.9. The molecule has 0 saturated heterocycles. The molecule has 0 radical (unpaired) electrons. The van der Waals surface area contributed by atoms with Gasteiger partial charge >= 0.3 is 5.97 Å². The van der Waals surface area contributed by atoms with Crippen LogP contribution in [0.5, 0.6) is 0 Å². The Morgan fingerprint density at radius 3 is 2.71 bits per heavy atom. The van der Waals surface area contributed by atoms with Gasteiger partial charge in [0.15, 0.2) is 0 Å². The van der Waals surface area contributed by atoms with Crippen LogP contribution in [0.3, 0.4) is 0 Å². The lowest BCUT2D eigenvalue weighted by Crippen LogP contribution is -2.32. The maximum atomic E-state index is 13.3. The van der Waals surface area contributed by atoms with E-state index in [-0.39, 0.29) is 24.6 Å². The number of unbranched alkanes of at least 4 members (excludes halogenated alkanes) is 1. The number of aromatic nitrogens is 1. The standard InChI is InChI=1S/C34H40N4O4/c1-20(2)42-19-21-11-12-28-24(16-21)30-26-18-37-33(39)31(26)29-23-9-4-3-8-22(23)17-25(29)32(30)38(28)14-7-15-41-34(40)27(36)10-5-6-13-35/h3-4,8-9,11-12,16,20,27H,5-7,10,13-15,17-19,35-36H2,1-2H3,(H,37,39). The molecule has 0 bridgehead atoms. The average Bonchev–Trinajstić information content (AvgIpc) is 3.65. The van der Waals surface area contributed by atoms with E-state index in [2.05, 4.69) is 46.3 Å². The van der Waals surface area contributed by atoms with Gasteiger partial charge in [0.2, 0.25) is 0 Å². The predicted octanol–water partition coefficient (Wildman–Crippen LogP) is 4.92. The number of carbonyl (C=O) groups is 2. The number of nitrogens with zero attached hydrogens (tertiary/aromatic N) is 1. The molecule has 4 aromatic rings. The molecule has 3 aromatic carbocycles. The second-order valence-electron chi connectivity index (χ2n) is 11.7. The Hall–Kier alpha value is -3.72. The Balaban J connectivity index is 1.40. The zero-order valence-electron chi connectivity index (χ0n) is 24.5. The number of benzene rings is 3. The topological polar surface area (TPSA) is 122 Å². The van der Waals surface area contributed by atoms with Crippen molar-refractivity contribution >= 4 is 33.7 Å². The van der Waals surface area contributed by atoms with Crippen LogP contribution in [-0.2, 0) is 40.4 Å². The summed E-state index contributed by atoms with van der Waals surface area (Å²) in [7, 11) is 0. The van der Waals surface area contributed by atoms with E-state index < -0.39 is 6.04 Å². The third kappa shape index (κ3) is 5.08. The molecule has 1 unspecified atom stereocenters. The molecule has 8 heteroatoms. The van der Waals surface area contributed by atoms with Crippen LogP contribution in [0.15, 0.2) is 42.5 Å². The van der Waals surface area contributed by atoms with Gasteiger partial charge in [-0.1, -0.05) is 36.8 Å². The van der Waals surface area contributed by atoms with Crippen molar-refractivity contribution in [2.75, 3.05) is 13.2 Å². The minimum absolute atomic E-state index is 0.00485. The molecule has 8 nitrogen and oxygen atoms in total. The Labute approximate surface area is 246 Å². The van der Waals surface area contributed by atoms with Gasteiger partial charge in [-0.05, 0) is 79.6 Å². The number of hydrogen-bond donors (Lipinski definition) is 3. The molecule has 0 spiro atoms. The van der Waals surface area contributed by atoms with Crippen LogP contribution in [0.4, 0.5) is 0 Å². The number of ether oxygens (including phenoxy) is 2. The zero-order chi connectivity index (χ0) is 29.4. The highest BCUT2D eigenvalue weighted by Gasteiger charge is 2.35.